The van der Waals surface area contributed by atoms with Crippen molar-refractivity contribution in [2.24, 2.45) is 5.73 Å². The number of nitrogens with two attached hydrogens (primary N) is 1. The number of amides is 2. The quantitative estimate of drug-likeness (QED) is 0.658. The fourth-order valence-corrected chi connectivity index (χ4v) is 2.15. The molecule has 0 aromatic heterocycles. The molecule has 6 nitrogen and oxygen atoms in total. The highest BCUT2D eigenvalue weighted by Gasteiger charge is 2.38. The van der Waals surface area contributed by atoms with Gasteiger partial charge in [0, 0.05) is 39.5 Å². The Kier molecular flexibility index (Phi) is 3.35. The number of hydrogen-bond acceptors (Lipinski definition) is 4. The minimum Gasteiger partial charge on any atom is -0.377 e. The van der Waals surface area contributed by atoms with E-state index >= 15 is 0 Å². The largest absolute Gasteiger partial charge is 0.377 e. The van der Waals surface area contributed by atoms with Crippen LogP contribution in [0.1, 0.15) is 13.3 Å². The third kappa shape index (κ3) is 2.76. The SMILES string of the molecule is CC(=O)N1CCN(C(=O)CC2(N)COC2)CC1. The lowest BCUT2D eigenvalue weighted by atomic mass is 9.94. The summed E-state index contributed by atoms with van der Waals surface area (Å²) in [5.41, 5.74) is 5.49. The zero-order valence-electron chi connectivity index (χ0n) is 10.1. The molecule has 2 aliphatic heterocycles. The Morgan fingerprint density at radius 1 is 1.18 bits per heavy atom. The van der Waals surface area contributed by atoms with Crippen LogP contribution in [-0.2, 0) is 14.3 Å². The summed E-state index contributed by atoms with van der Waals surface area (Å²) in [6.45, 7) is 4.94. The van der Waals surface area contributed by atoms with Crippen LogP contribution in [0.4, 0.5) is 0 Å². The summed E-state index contributed by atoms with van der Waals surface area (Å²) < 4.78 is 5.03. The first kappa shape index (κ1) is 12.3. The number of carbonyl (C=O) groups is 2. The number of rotatable bonds is 2. The van der Waals surface area contributed by atoms with Gasteiger partial charge in [0.25, 0.3) is 0 Å². The Morgan fingerprint density at radius 3 is 2.12 bits per heavy atom. The van der Waals surface area contributed by atoms with Crippen LogP contribution in [0.2, 0.25) is 0 Å². The Morgan fingerprint density at radius 2 is 1.71 bits per heavy atom. The van der Waals surface area contributed by atoms with E-state index in [9.17, 15) is 9.59 Å². The number of carbonyl (C=O) groups excluding carboxylic acids is 2. The molecule has 2 rings (SSSR count). The molecule has 2 N–H and O–H groups in total. The minimum absolute atomic E-state index is 0.0685. The second kappa shape index (κ2) is 4.62. The van der Waals surface area contributed by atoms with E-state index in [1.165, 1.54) is 0 Å². The summed E-state index contributed by atoms with van der Waals surface area (Å²) in [5, 5.41) is 0. The van der Waals surface area contributed by atoms with Crippen LogP contribution < -0.4 is 5.73 Å². The molecule has 0 spiro atoms. The Bertz CT molecular complexity index is 320. The van der Waals surface area contributed by atoms with Gasteiger partial charge in [-0.25, -0.2) is 0 Å². The van der Waals surface area contributed by atoms with Crippen molar-refractivity contribution in [3.8, 4) is 0 Å². The maximum atomic E-state index is 12.0. The molecule has 2 fully saturated rings. The zero-order chi connectivity index (χ0) is 12.5. The average molecular weight is 241 g/mol. The van der Waals surface area contributed by atoms with Gasteiger partial charge in [0.15, 0.2) is 0 Å². The van der Waals surface area contributed by atoms with Gasteiger partial charge in [-0.15, -0.1) is 0 Å². The van der Waals surface area contributed by atoms with Crippen LogP contribution >= 0.6 is 0 Å². The van der Waals surface area contributed by atoms with Crippen LogP contribution in [0, 0.1) is 0 Å². The maximum absolute atomic E-state index is 12.0. The van der Waals surface area contributed by atoms with Crippen molar-refractivity contribution in [3.05, 3.63) is 0 Å². The van der Waals surface area contributed by atoms with E-state index in [4.69, 9.17) is 10.5 Å². The summed E-state index contributed by atoms with van der Waals surface area (Å²) >= 11 is 0. The van der Waals surface area contributed by atoms with Crippen molar-refractivity contribution < 1.29 is 14.3 Å². The summed E-state index contributed by atoms with van der Waals surface area (Å²) in [4.78, 5) is 26.7. The topological polar surface area (TPSA) is 75.9 Å². The summed E-state index contributed by atoms with van der Waals surface area (Å²) in [6.07, 6.45) is 0.340. The second-order valence-corrected chi connectivity index (χ2v) is 4.92. The van der Waals surface area contributed by atoms with Crippen molar-refractivity contribution in [1.82, 2.24) is 9.80 Å². The van der Waals surface area contributed by atoms with Gasteiger partial charge in [0.2, 0.25) is 11.8 Å². The van der Waals surface area contributed by atoms with Gasteiger partial charge in [-0.2, -0.15) is 0 Å². The van der Waals surface area contributed by atoms with Crippen LogP contribution in [0.3, 0.4) is 0 Å². The Hall–Kier alpha value is -1.14. The van der Waals surface area contributed by atoms with Gasteiger partial charge < -0.3 is 20.3 Å². The first-order valence-electron chi connectivity index (χ1n) is 5.90. The van der Waals surface area contributed by atoms with Crippen molar-refractivity contribution in [2.75, 3.05) is 39.4 Å². The molecule has 0 atom stereocenters. The Balaban J connectivity index is 1.80. The molecule has 0 bridgehead atoms. The number of hydrogen-bond donors (Lipinski definition) is 1. The smallest absolute Gasteiger partial charge is 0.224 e. The van der Waals surface area contributed by atoms with Crippen molar-refractivity contribution in [2.45, 2.75) is 18.9 Å². The predicted molar refractivity (Wildman–Crippen MR) is 61.2 cm³/mol. The lowest BCUT2D eigenvalue weighted by Gasteiger charge is -2.40. The van der Waals surface area contributed by atoms with Crippen LogP contribution in [0.25, 0.3) is 0 Å². The summed E-state index contributed by atoms with van der Waals surface area (Å²) in [6, 6.07) is 0. The summed E-state index contributed by atoms with van der Waals surface area (Å²) in [5.74, 6) is 0.138. The standard InChI is InChI=1S/C11H19N3O3/c1-9(15)13-2-4-14(5-3-13)10(16)6-11(12)7-17-8-11/h2-8,12H2,1H3. The molecule has 6 heteroatoms. The van der Waals surface area contributed by atoms with E-state index in [1.807, 2.05) is 0 Å². The molecule has 2 amide bonds. The molecular formula is C11H19N3O3. The molecule has 0 aliphatic carbocycles. The Labute approximate surface area is 101 Å². The van der Waals surface area contributed by atoms with E-state index in [1.54, 1.807) is 16.7 Å². The lowest BCUT2D eigenvalue weighted by molar-refractivity contribution is -0.143. The third-order valence-electron chi connectivity index (χ3n) is 3.36. The number of nitrogens with zero attached hydrogens (tertiary/aromatic N) is 2. The molecule has 2 aliphatic rings. The van der Waals surface area contributed by atoms with E-state index in [0.717, 1.165) is 0 Å². The maximum Gasteiger partial charge on any atom is 0.224 e. The highest BCUT2D eigenvalue weighted by atomic mass is 16.5. The first-order chi connectivity index (χ1) is 8.00. The van der Waals surface area contributed by atoms with Gasteiger partial charge in [0.05, 0.1) is 18.8 Å². The minimum atomic E-state index is -0.463. The second-order valence-electron chi connectivity index (χ2n) is 4.92. The van der Waals surface area contributed by atoms with Crippen LogP contribution in [0.15, 0.2) is 0 Å². The van der Waals surface area contributed by atoms with Gasteiger partial charge >= 0.3 is 0 Å². The molecular weight excluding hydrogens is 222 g/mol. The van der Waals surface area contributed by atoms with Crippen molar-refractivity contribution in [3.63, 3.8) is 0 Å². The first-order valence-corrected chi connectivity index (χ1v) is 5.90. The average Bonchev–Trinajstić information content (AvgIpc) is 2.27. The van der Waals surface area contributed by atoms with E-state index < -0.39 is 5.54 Å². The van der Waals surface area contributed by atoms with Crippen molar-refractivity contribution in [1.29, 1.82) is 0 Å². The van der Waals surface area contributed by atoms with E-state index in [2.05, 4.69) is 0 Å². The normalized spacial score (nSPS) is 23.2. The third-order valence-corrected chi connectivity index (χ3v) is 3.36. The van der Waals surface area contributed by atoms with Gasteiger partial charge in [-0.05, 0) is 0 Å². The molecule has 96 valence electrons. The molecule has 0 saturated carbocycles. The molecule has 0 aromatic rings. The monoisotopic (exact) mass is 241 g/mol. The zero-order valence-corrected chi connectivity index (χ0v) is 10.1. The van der Waals surface area contributed by atoms with Gasteiger partial charge in [-0.1, -0.05) is 0 Å². The molecule has 2 heterocycles. The van der Waals surface area contributed by atoms with Gasteiger partial charge in [0.1, 0.15) is 0 Å². The van der Waals surface area contributed by atoms with E-state index in [0.29, 0.717) is 45.8 Å². The van der Waals surface area contributed by atoms with Gasteiger partial charge in [-0.3, -0.25) is 9.59 Å². The fourth-order valence-electron chi connectivity index (χ4n) is 2.15. The lowest BCUT2D eigenvalue weighted by Crippen LogP contribution is -2.60. The van der Waals surface area contributed by atoms with Crippen LogP contribution in [-0.4, -0.2) is 66.5 Å². The molecule has 0 aromatic carbocycles. The highest BCUT2D eigenvalue weighted by molar-refractivity contribution is 5.78. The number of ether oxygens (including phenoxy) is 1. The highest BCUT2D eigenvalue weighted by Crippen LogP contribution is 2.19. The van der Waals surface area contributed by atoms with Crippen LogP contribution in [0.5, 0.6) is 0 Å². The molecule has 17 heavy (non-hydrogen) atoms. The van der Waals surface area contributed by atoms with E-state index in [-0.39, 0.29) is 11.8 Å². The molecule has 2 saturated heterocycles. The molecule has 0 unspecified atom stereocenters. The van der Waals surface area contributed by atoms with Crippen molar-refractivity contribution >= 4 is 11.8 Å². The fraction of sp³-hybridized carbons (Fsp3) is 0.818. The predicted octanol–water partition coefficient (Wildman–Crippen LogP) is -1.21. The summed E-state index contributed by atoms with van der Waals surface area (Å²) in [7, 11) is 0. The number of piperazine rings is 1. The molecule has 0 radical (unpaired) electrons.